The molecule has 1 amide bonds. The van der Waals surface area contributed by atoms with E-state index in [4.69, 9.17) is 9.15 Å². The van der Waals surface area contributed by atoms with E-state index in [1.54, 1.807) is 13.0 Å². The van der Waals surface area contributed by atoms with Crippen LogP contribution in [0.15, 0.2) is 21.3 Å². The van der Waals surface area contributed by atoms with Gasteiger partial charge in [-0.2, -0.15) is 0 Å². The van der Waals surface area contributed by atoms with Crippen molar-refractivity contribution in [1.29, 1.82) is 0 Å². The Bertz CT molecular complexity index is 1070. The number of carbonyl (C=O) groups is 2. The second-order valence-corrected chi connectivity index (χ2v) is 8.55. The lowest BCUT2D eigenvalue weighted by atomic mass is 9.92. The zero-order valence-electron chi connectivity index (χ0n) is 16.9. The summed E-state index contributed by atoms with van der Waals surface area (Å²) in [7, 11) is 0. The zero-order valence-corrected chi connectivity index (χ0v) is 16.9. The molecule has 7 nitrogen and oxygen atoms in total. The number of rotatable bonds is 3. The van der Waals surface area contributed by atoms with Gasteiger partial charge in [0, 0.05) is 18.0 Å². The highest BCUT2D eigenvalue weighted by molar-refractivity contribution is 5.88. The van der Waals surface area contributed by atoms with E-state index >= 15 is 0 Å². The maximum atomic E-state index is 12.7. The minimum atomic E-state index is -1.26. The molecule has 2 aliphatic rings. The molecule has 4 rings (SSSR count). The molecular weight excluding hydrogens is 374 g/mol. The van der Waals surface area contributed by atoms with Gasteiger partial charge in [-0.1, -0.05) is 0 Å². The molecule has 1 fully saturated rings. The van der Waals surface area contributed by atoms with Crippen LogP contribution in [-0.2, 0) is 22.4 Å². The average Bonchev–Trinajstić information content (AvgIpc) is 3.13. The summed E-state index contributed by atoms with van der Waals surface area (Å²) in [6, 6.07) is 2.78. The first-order chi connectivity index (χ1) is 13.7. The Balaban J connectivity index is 1.70. The van der Waals surface area contributed by atoms with Crippen LogP contribution in [0.4, 0.5) is 0 Å². The van der Waals surface area contributed by atoms with Crippen LogP contribution in [0.1, 0.15) is 49.8 Å². The Labute approximate surface area is 168 Å². The molecule has 0 aliphatic carbocycles. The molecule has 1 saturated heterocycles. The minimum Gasteiger partial charge on any atom is -0.548 e. The third-order valence-electron chi connectivity index (χ3n) is 6.02. The van der Waals surface area contributed by atoms with Crippen LogP contribution in [0.5, 0.6) is 5.75 Å². The van der Waals surface area contributed by atoms with Crippen molar-refractivity contribution in [3.8, 4) is 5.75 Å². The first-order valence-corrected chi connectivity index (χ1v) is 9.95. The molecule has 0 saturated carbocycles. The number of carboxylic acids is 1. The zero-order chi connectivity index (χ0) is 20.9. The summed E-state index contributed by atoms with van der Waals surface area (Å²) < 4.78 is 11.5. The summed E-state index contributed by atoms with van der Waals surface area (Å²) in [5, 5.41) is 12.0. The van der Waals surface area contributed by atoms with Crippen LogP contribution < -0.4 is 15.5 Å². The van der Waals surface area contributed by atoms with Crippen LogP contribution >= 0.6 is 0 Å². The van der Waals surface area contributed by atoms with Gasteiger partial charge >= 0.3 is 5.63 Å². The van der Waals surface area contributed by atoms with E-state index in [2.05, 4.69) is 0 Å². The molecule has 29 heavy (non-hydrogen) atoms. The van der Waals surface area contributed by atoms with Crippen molar-refractivity contribution in [3.05, 3.63) is 39.2 Å². The number of nitrogens with zero attached hydrogens (tertiary/aromatic N) is 1. The van der Waals surface area contributed by atoms with E-state index in [0.29, 0.717) is 36.3 Å². The number of carbonyl (C=O) groups excluding carboxylic acids is 2. The Morgan fingerprint density at radius 1 is 1.31 bits per heavy atom. The highest BCUT2D eigenvalue weighted by Gasteiger charge is 2.31. The number of carboxylic acid groups (broad SMARTS) is 1. The Kier molecular flexibility index (Phi) is 4.63. The van der Waals surface area contributed by atoms with Crippen LogP contribution in [0.2, 0.25) is 0 Å². The smallest absolute Gasteiger partial charge is 0.340 e. The number of hydrogen-bond donors (Lipinski definition) is 0. The van der Waals surface area contributed by atoms with Crippen LogP contribution in [0.3, 0.4) is 0 Å². The highest BCUT2D eigenvalue weighted by atomic mass is 16.5. The first-order valence-electron chi connectivity index (χ1n) is 9.95. The van der Waals surface area contributed by atoms with E-state index in [1.165, 1.54) is 4.90 Å². The van der Waals surface area contributed by atoms with Crippen molar-refractivity contribution in [2.24, 2.45) is 0 Å². The van der Waals surface area contributed by atoms with E-state index in [9.17, 15) is 19.5 Å². The quantitative estimate of drug-likeness (QED) is 0.726. The van der Waals surface area contributed by atoms with Gasteiger partial charge in [-0.3, -0.25) is 4.79 Å². The van der Waals surface area contributed by atoms with Gasteiger partial charge in [0.1, 0.15) is 16.9 Å². The molecule has 0 bridgehead atoms. The SMILES string of the molecule is Cc1c(CC(=O)N2CCC[C@H]2C(=O)[O-])c(=O)oc2cc3c(cc12)CCC(C)(C)O3. The van der Waals surface area contributed by atoms with Crippen LogP contribution in [0.25, 0.3) is 11.0 Å². The molecule has 0 radical (unpaired) electrons. The number of ether oxygens (including phenoxy) is 1. The third-order valence-corrected chi connectivity index (χ3v) is 6.02. The molecule has 1 aromatic carbocycles. The molecule has 0 N–H and O–H groups in total. The first kappa shape index (κ1) is 19.5. The largest absolute Gasteiger partial charge is 0.548 e. The van der Waals surface area contributed by atoms with E-state index in [0.717, 1.165) is 23.8 Å². The lowest BCUT2D eigenvalue weighted by Crippen LogP contribution is -2.47. The molecule has 1 atom stereocenters. The number of aryl methyl sites for hydroxylation is 2. The van der Waals surface area contributed by atoms with Crippen molar-refractivity contribution >= 4 is 22.8 Å². The van der Waals surface area contributed by atoms with Gasteiger partial charge in [0.15, 0.2) is 0 Å². The van der Waals surface area contributed by atoms with Crippen molar-refractivity contribution in [1.82, 2.24) is 4.90 Å². The molecule has 154 valence electrons. The Hall–Kier alpha value is -2.83. The molecule has 2 aliphatic heterocycles. The molecule has 1 aromatic heterocycles. The molecule has 0 spiro atoms. The predicted octanol–water partition coefficient (Wildman–Crippen LogP) is 1.49. The van der Waals surface area contributed by atoms with Crippen LogP contribution in [-0.4, -0.2) is 35.0 Å². The number of amides is 1. The summed E-state index contributed by atoms with van der Waals surface area (Å²) in [6.45, 7) is 6.20. The monoisotopic (exact) mass is 398 g/mol. The maximum Gasteiger partial charge on any atom is 0.340 e. The molecule has 3 heterocycles. The van der Waals surface area contributed by atoms with E-state index in [-0.39, 0.29) is 17.6 Å². The van der Waals surface area contributed by atoms with Crippen molar-refractivity contribution in [3.63, 3.8) is 0 Å². The summed E-state index contributed by atoms with van der Waals surface area (Å²) in [5.74, 6) is -0.934. The second kappa shape index (κ2) is 6.90. The van der Waals surface area contributed by atoms with Crippen molar-refractivity contribution in [2.75, 3.05) is 6.54 Å². The molecule has 2 aromatic rings. The summed E-state index contributed by atoms with van der Waals surface area (Å²) in [5.41, 5.74) is 1.57. The lowest BCUT2D eigenvalue weighted by Gasteiger charge is -2.32. The van der Waals surface area contributed by atoms with E-state index in [1.807, 2.05) is 19.9 Å². The average molecular weight is 398 g/mol. The van der Waals surface area contributed by atoms with Crippen molar-refractivity contribution in [2.45, 2.75) is 64.5 Å². The van der Waals surface area contributed by atoms with Gasteiger partial charge in [-0.25, -0.2) is 4.79 Å². The fourth-order valence-corrected chi connectivity index (χ4v) is 4.30. The summed E-state index contributed by atoms with van der Waals surface area (Å²) >= 11 is 0. The van der Waals surface area contributed by atoms with Crippen molar-refractivity contribution < 1.29 is 23.8 Å². The predicted molar refractivity (Wildman–Crippen MR) is 104 cm³/mol. The fourth-order valence-electron chi connectivity index (χ4n) is 4.30. The standard InChI is InChI=1S/C22H25NO6/c1-12-14-9-13-6-7-22(2,3)29-17(13)11-18(14)28-21(27)15(12)10-19(24)23-8-4-5-16(23)20(25)26/h9,11,16H,4-8,10H2,1-3H3,(H,25,26)/p-1/t16-/m0/s1. The number of hydrogen-bond acceptors (Lipinski definition) is 6. The fraction of sp³-hybridized carbons (Fsp3) is 0.500. The van der Waals surface area contributed by atoms with Crippen LogP contribution in [0, 0.1) is 6.92 Å². The number of fused-ring (bicyclic) bond motifs is 2. The molecule has 7 heteroatoms. The normalized spacial score (nSPS) is 20.4. The van der Waals surface area contributed by atoms with Gasteiger partial charge in [-0.15, -0.1) is 0 Å². The summed E-state index contributed by atoms with van der Waals surface area (Å²) in [4.78, 5) is 37.9. The van der Waals surface area contributed by atoms with Gasteiger partial charge in [-0.05, 0) is 63.6 Å². The van der Waals surface area contributed by atoms with Gasteiger partial charge < -0.3 is 24.0 Å². The highest BCUT2D eigenvalue weighted by Crippen LogP contribution is 2.36. The minimum absolute atomic E-state index is 0.186. The topological polar surface area (TPSA) is 99.9 Å². The molecular formula is C22H24NO6-. The summed E-state index contributed by atoms with van der Waals surface area (Å²) in [6.07, 6.45) is 2.53. The van der Waals surface area contributed by atoms with Gasteiger partial charge in [0.2, 0.25) is 5.91 Å². The number of likely N-dealkylation sites (tertiary alicyclic amines) is 1. The Morgan fingerprint density at radius 2 is 2.07 bits per heavy atom. The van der Waals surface area contributed by atoms with Gasteiger partial charge in [0.25, 0.3) is 0 Å². The number of aliphatic carboxylic acids is 1. The molecule has 0 unspecified atom stereocenters. The Morgan fingerprint density at radius 3 is 2.79 bits per heavy atom. The lowest BCUT2D eigenvalue weighted by molar-refractivity contribution is -0.310. The maximum absolute atomic E-state index is 12.7. The third kappa shape index (κ3) is 3.50. The second-order valence-electron chi connectivity index (χ2n) is 8.55. The van der Waals surface area contributed by atoms with Gasteiger partial charge in [0.05, 0.1) is 24.0 Å². The number of benzene rings is 1. The van der Waals surface area contributed by atoms with E-state index < -0.39 is 23.5 Å².